The zero-order valence-electron chi connectivity index (χ0n) is 17.6. The minimum Gasteiger partial charge on any atom is -0.493 e. The molecule has 0 fully saturated rings. The van der Waals surface area contributed by atoms with E-state index in [9.17, 15) is 4.79 Å². The number of halogens is 2. The van der Waals surface area contributed by atoms with Crippen molar-refractivity contribution in [2.24, 2.45) is 5.10 Å². The Morgan fingerprint density at radius 1 is 1.35 bits per heavy atom. The Hall–Kier alpha value is -2.20. The second kappa shape index (κ2) is 10.4. The van der Waals surface area contributed by atoms with E-state index in [2.05, 4.69) is 57.1 Å². The number of aromatic nitrogens is 2. The van der Waals surface area contributed by atoms with Gasteiger partial charge >= 0.3 is 0 Å². The van der Waals surface area contributed by atoms with Gasteiger partial charge in [0.15, 0.2) is 11.5 Å². The van der Waals surface area contributed by atoms with Gasteiger partial charge in [0.1, 0.15) is 12.4 Å². The molecule has 0 saturated carbocycles. The Kier molecular flexibility index (Phi) is 7.88. The molecule has 6 nitrogen and oxygen atoms in total. The molecule has 0 spiro atoms. The van der Waals surface area contributed by atoms with E-state index < -0.39 is 0 Å². The maximum atomic E-state index is 13.2. The molecule has 0 bridgehead atoms. The quantitative estimate of drug-likeness (QED) is 0.189. The van der Waals surface area contributed by atoms with Crippen LogP contribution >= 0.6 is 38.5 Å². The number of hydrogen-bond acceptors (Lipinski definition) is 5. The zero-order chi connectivity index (χ0) is 22.5. The standard InChI is InChI=1S/C23H23BrIN3O3/c1-5-9-31-21-18(25)10-15(11-20(21)30-4)13-26-28-22(14(3)6-2)27-19-8-7-16(24)12-17(19)23(28)29/h5,7-8,10-14H,1,6,9H2,2-4H3/t14-/m1/s1. The van der Waals surface area contributed by atoms with Crippen LogP contribution in [-0.4, -0.2) is 29.6 Å². The fourth-order valence-corrected chi connectivity index (χ4v) is 4.14. The molecule has 1 atom stereocenters. The molecule has 8 heteroatoms. The van der Waals surface area contributed by atoms with Gasteiger partial charge in [-0.05, 0) is 64.9 Å². The third-order valence-corrected chi connectivity index (χ3v) is 6.10. The summed E-state index contributed by atoms with van der Waals surface area (Å²) in [6.45, 7) is 8.16. The highest BCUT2D eigenvalue weighted by Gasteiger charge is 2.16. The molecule has 3 rings (SSSR count). The lowest BCUT2D eigenvalue weighted by molar-refractivity contribution is 0.324. The lowest BCUT2D eigenvalue weighted by Gasteiger charge is -2.14. The Bertz CT molecular complexity index is 1210. The topological polar surface area (TPSA) is 65.7 Å². The lowest BCUT2D eigenvalue weighted by Crippen LogP contribution is -2.23. The first-order chi connectivity index (χ1) is 14.9. The molecular formula is C23H23BrIN3O3. The van der Waals surface area contributed by atoms with Crippen LogP contribution in [0.5, 0.6) is 11.5 Å². The van der Waals surface area contributed by atoms with Gasteiger partial charge in [0.25, 0.3) is 5.56 Å². The van der Waals surface area contributed by atoms with Crippen molar-refractivity contribution in [2.45, 2.75) is 26.2 Å². The number of benzene rings is 2. The fraction of sp³-hybridized carbons (Fsp3) is 0.261. The molecular weight excluding hydrogens is 573 g/mol. The molecule has 2 aromatic carbocycles. The third kappa shape index (κ3) is 5.17. The number of methoxy groups -OCH3 is 1. The molecule has 1 aromatic heterocycles. The predicted molar refractivity (Wildman–Crippen MR) is 137 cm³/mol. The number of ether oxygens (including phenoxy) is 2. The maximum Gasteiger partial charge on any atom is 0.282 e. The molecule has 0 unspecified atom stereocenters. The molecule has 1 heterocycles. The molecule has 3 aromatic rings. The average Bonchev–Trinajstić information content (AvgIpc) is 2.77. The van der Waals surface area contributed by atoms with Gasteiger partial charge in [-0.2, -0.15) is 9.78 Å². The van der Waals surface area contributed by atoms with Crippen LogP contribution in [0.25, 0.3) is 10.9 Å². The number of nitrogens with zero attached hydrogens (tertiary/aromatic N) is 3. The predicted octanol–water partition coefficient (Wildman–Crippen LogP) is 5.73. The van der Waals surface area contributed by atoms with Gasteiger partial charge < -0.3 is 9.47 Å². The molecule has 0 amide bonds. The van der Waals surface area contributed by atoms with E-state index in [4.69, 9.17) is 14.5 Å². The van der Waals surface area contributed by atoms with Crippen LogP contribution in [0.4, 0.5) is 0 Å². The summed E-state index contributed by atoms with van der Waals surface area (Å²) < 4.78 is 14.3. The van der Waals surface area contributed by atoms with Gasteiger partial charge in [0, 0.05) is 10.4 Å². The molecule has 0 aliphatic heterocycles. The number of hydrogen-bond donors (Lipinski definition) is 0. The Labute approximate surface area is 203 Å². The monoisotopic (exact) mass is 595 g/mol. The van der Waals surface area contributed by atoms with Crippen molar-refractivity contribution in [3.8, 4) is 11.5 Å². The molecule has 0 aliphatic carbocycles. The van der Waals surface area contributed by atoms with Crippen molar-refractivity contribution in [1.29, 1.82) is 0 Å². The Morgan fingerprint density at radius 3 is 2.81 bits per heavy atom. The molecule has 0 N–H and O–H groups in total. The number of rotatable bonds is 8. The first-order valence-electron chi connectivity index (χ1n) is 9.77. The summed E-state index contributed by atoms with van der Waals surface area (Å²) in [7, 11) is 1.59. The maximum absolute atomic E-state index is 13.2. The minimum atomic E-state index is -0.203. The SMILES string of the molecule is C=CCOc1c(I)cc(C=Nn2c([C@H](C)CC)nc3ccc(Br)cc3c2=O)cc1OC. The van der Waals surface area contributed by atoms with Crippen molar-refractivity contribution in [2.75, 3.05) is 13.7 Å². The van der Waals surface area contributed by atoms with Crippen LogP contribution in [0, 0.1) is 3.57 Å². The largest absolute Gasteiger partial charge is 0.493 e. The van der Waals surface area contributed by atoms with E-state index in [1.165, 1.54) is 4.68 Å². The highest BCUT2D eigenvalue weighted by atomic mass is 127. The van der Waals surface area contributed by atoms with Crippen LogP contribution in [0.3, 0.4) is 0 Å². The molecule has 0 saturated heterocycles. The van der Waals surface area contributed by atoms with Gasteiger partial charge in [-0.25, -0.2) is 4.98 Å². The summed E-state index contributed by atoms with van der Waals surface area (Å²) in [5, 5.41) is 5.03. The summed E-state index contributed by atoms with van der Waals surface area (Å²) in [4.78, 5) is 18.0. The summed E-state index contributed by atoms with van der Waals surface area (Å²) in [6, 6.07) is 9.24. The fourth-order valence-electron chi connectivity index (χ4n) is 3.00. The van der Waals surface area contributed by atoms with Crippen molar-refractivity contribution in [1.82, 2.24) is 9.66 Å². The van der Waals surface area contributed by atoms with Gasteiger partial charge in [-0.1, -0.05) is 42.4 Å². The van der Waals surface area contributed by atoms with Crippen LogP contribution < -0.4 is 15.0 Å². The lowest BCUT2D eigenvalue weighted by atomic mass is 10.1. The van der Waals surface area contributed by atoms with Crippen molar-refractivity contribution < 1.29 is 9.47 Å². The van der Waals surface area contributed by atoms with E-state index in [0.717, 1.165) is 20.0 Å². The zero-order valence-corrected chi connectivity index (χ0v) is 21.3. The van der Waals surface area contributed by atoms with Gasteiger partial charge in [0.2, 0.25) is 0 Å². The smallest absolute Gasteiger partial charge is 0.282 e. The van der Waals surface area contributed by atoms with Gasteiger partial charge in [0.05, 0.1) is 27.8 Å². The van der Waals surface area contributed by atoms with Crippen molar-refractivity contribution in [3.05, 3.63) is 72.8 Å². The van der Waals surface area contributed by atoms with E-state index in [-0.39, 0.29) is 11.5 Å². The minimum absolute atomic E-state index is 0.0715. The second-order valence-corrected chi connectivity index (χ2v) is 9.01. The third-order valence-electron chi connectivity index (χ3n) is 4.81. The van der Waals surface area contributed by atoms with E-state index in [0.29, 0.717) is 34.8 Å². The van der Waals surface area contributed by atoms with Crippen molar-refractivity contribution >= 4 is 55.6 Å². The first kappa shape index (κ1) is 23.5. The summed E-state index contributed by atoms with van der Waals surface area (Å²) in [6.07, 6.45) is 4.16. The normalized spacial score (nSPS) is 12.3. The Balaban J connectivity index is 2.12. The van der Waals surface area contributed by atoms with E-state index in [1.807, 2.05) is 31.2 Å². The van der Waals surface area contributed by atoms with Crippen LogP contribution in [0.15, 0.2) is 57.4 Å². The van der Waals surface area contributed by atoms with E-state index >= 15 is 0 Å². The summed E-state index contributed by atoms with van der Waals surface area (Å²) in [5.74, 6) is 1.94. The molecule has 0 radical (unpaired) electrons. The molecule has 162 valence electrons. The van der Waals surface area contributed by atoms with Crippen LogP contribution in [0.1, 0.15) is 37.6 Å². The summed E-state index contributed by atoms with van der Waals surface area (Å²) >= 11 is 5.62. The van der Waals surface area contributed by atoms with Crippen molar-refractivity contribution in [3.63, 3.8) is 0 Å². The molecule has 0 aliphatic rings. The second-order valence-electron chi connectivity index (χ2n) is 6.94. The highest BCUT2D eigenvalue weighted by Crippen LogP contribution is 2.33. The van der Waals surface area contributed by atoms with Crippen LogP contribution in [0.2, 0.25) is 0 Å². The summed E-state index contributed by atoms with van der Waals surface area (Å²) in [5.41, 5.74) is 1.24. The average molecular weight is 596 g/mol. The van der Waals surface area contributed by atoms with Gasteiger partial charge in [-0.3, -0.25) is 4.79 Å². The molecule has 31 heavy (non-hydrogen) atoms. The van der Waals surface area contributed by atoms with Gasteiger partial charge in [-0.15, -0.1) is 0 Å². The Morgan fingerprint density at radius 2 is 2.13 bits per heavy atom. The first-order valence-corrected chi connectivity index (χ1v) is 11.6. The van der Waals surface area contributed by atoms with Crippen LogP contribution in [-0.2, 0) is 0 Å². The van der Waals surface area contributed by atoms with E-state index in [1.54, 1.807) is 25.5 Å². The number of fused-ring (bicyclic) bond motifs is 1. The highest BCUT2D eigenvalue weighted by molar-refractivity contribution is 14.1.